The Bertz CT molecular complexity index is 665. The second-order valence-electron chi connectivity index (χ2n) is 3.87. The fourth-order valence-electron chi connectivity index (χ4n) is 1.51. The van der Waals surface area contributed by atoms with Crippen LogP contribution in [-0.2, 0) is 4.79 Å². The van der Waals surface area contributed by atoms with Crippen LogP contribution in [0.3, 0.4) is 0 Å². The van der Waals surface area contributed by atoms with E-state index >= 15 is 0 Å². The Morgan fingerprint density at radius 3 is 2.75 bits per heavy atom. The van der Waals surface area contributed by atoms with Gasteiger partial charge in [-0.05, 0) is 35.7 Å². The molecule has 0 radical (unpaired) electrons. The number of carboxylic acids is 1. The molecule has 0 fully saturated rings. The predicted molar refractivity (Wildman–Crippen MR) is 75.3 cm³/mol. The van der Waals surface area contributed by atoms with Crippen LogP contribution in [0, 0.1) is 5.82 Å². The monoisotopic (exact) mass is 291 g/mol. The molecule has 1 heterocycles. The molecule has 2 rings (SSSR count). The van der Waals surface area contributed by atoms with Gasteiger partial charge in [0.25, 0.3) is 5.91 Å². The van der Waals surface area contributed by atoms with Crippen molar-refractivity contribution < 1.29 is 19.1 Å². The summed E-state index contributed by atoms with van der Waals surface area (Å²) < 4.78 is 13.5. The highest BCUT2D eigenvalue weighted by molar-refractivity contribution is 7.08. The summed E-state index contributed by atoms with van der Waals surface area (Å²) in [5.41, 5.74) is 1.00. The third-order valence-corrected chi connectivity index (χ3v) is 3.13. The van der Waals surface area contributed by atoms with Gasteiger partial charge in [-0.2, -0.15) is 11.3 Å². The number of aliphatic carboxylic acids is 1. The second-order valence-corrected chi connectivity index (χ2v) is 4.65. The van der Waals surface area contributed by atoms with Crippen molar-refractivity contribution in [2.45, 2.75) is 0 Å². The molecule has 0 aliphatic rings. The van der Waals surface area contributed by atoms with Gasteiger partial charge in [-0.1, -0.05) is 0 Å². The van der Waals surface area contributed by atoms with E-state index in [-0.39, 0.29) is 11.5 Å². The minimum atomic E-state index is -1.17. The Balaban J connectivity index is 2.19. The third kappa shape index (κ3) is 3.52. The number of amides is 1. The fourth-order valence-corrected chi connectivity index (χ4v) is 2.14. The lowest BCUT2D eigenvalue weighted by atomic mass is 10.1. The average Bonchev–Trinajstić information content (AvgIpc) is 2.93. The number of rotatable bonds is 4. The van der Waals surface area contributed by atoms with Crippen molar-refractivity contribution >= 4 is 35.0 Å². The zero-order valence-corrected chi connectivity index (χ0v) is 11.0. The first-order valence-corrected chi connectivity index (χ1v) is 6.54. The van der Waals surface area contributed by atoms with Gasteiger partial charge in [0.05, 0.1) is 5.56 Å². The summed E-state index contributed by atoms with van der Waals surface area (Å²) in [6, 6.07) is 5.64. The maximum Gasteiger partial charge on any atom is 0.328 e. The normalized spacial score (nSPS) is 10.7. The number of carboxylic acid groups (broad SMARTS) is 1. The number of carbonyl (C=O) groups excluding carboxylic acids is 1. The molecule has 4 nitrogen and oxygen atoms in total. The molecule has 1 amide bonds. The van der Waals surface area contributed by atoms with Crippen LogP contribution in [0.25, 0.3) is 6.08 Å². The molecule has 2 aromatic rings. The van der Waals surface area contributed by atoms with E-state index in [1.54, 1.807) is 16.8 Å². The Kier molecular flexibility index (Phi) is 4.27. The summed E-state index contributed by atoms with van der Waals surface area (Å²) in [5, 5.41) is 14.6. The van der Waals surface area contributed by atoms with Crippen molar-refractivity contribution in [1.29, 1.82) is 0 Å². The van der Waals surface area contributed by atoms with Crippen molar-refractivity contribution in [3.05, 3.63) is 58.0 Å². The Morgan fingerprint density at radius 1 is 1.30 bits per heavy atom. The van der Waals surface area contributed by atoms with Crippen molar-refractivity contribution in [2.75, 3.05) is 5.32 Å². The zero-order chi connectivity index (χ0) is 14.5. The first-order valence-electron chi connectivity index (χ1n) is 5.60. The van der Waals surface area contributed by atoms with Crippen molar-refractivity contribution in [2.24, 2.45) is 0 Å². The van der Waals surface area contributed by atoms with Crippen molar-refractivity contribution in [3.63, 3.8) is 0 Å². The molecule has 0 atom stereocenters. The van der Waals surface area contributed by atoms with Crippen molar-refractivity contribution in [3.8, 4) is 0 Å². The lowest BCUT2D eigenvalue weighted by Gasteiger charge is -2.05. The summed E-state index contributed by atoms with van der Waals surface area (Å²) in [6.07, 6.45) is 1.97. The largest absolute Gasteiger partial charge is 0.478 e. The molecular weight excluding hydrogens is 281 g/mol. The van der Waals surface area contributed by atoms with Crippen LogP contribution in [0.4, 0.5) is 10.1 Å². The van der Waals surface area contributed by atoms with Gasteiger partial charge in [-0.15, -0.1) is 0 Å². The molecule has 0 aliphatic heterocycles. The lowest BCUT2D eigenvalue weighted by Crippen LogP contribution is -2.10. The summed E-state index contributed by atoms with van der Waals surface area (Å²) >= 11 is 1.40. The molecule has 0 aliphatic carbocycles. The van der Waals surface area contributed by atoms with Gasteiger partial charge in [-0.3, -0.25) is 4.79 Å². The molecule has 102 valence electrons. The molecule has 0 saturated carbocycles. The first-order chi connectivity index (χ1) is 9.56. The number of hydrogen-bond donors (Lipinski definition) is 2. The molecule has 1 aromatic heterocycles. The molecule has 0 spiro atoms. The Labute approximate surface area is 118 Å². The van der Waals surface area contributed by atoms with Crippen molar-refractivity contribution in [1.82, 2.24) is 0 Å². The van der Waals surface area contributed by atoms with Crippen LogP contribution >= 0.6 is 11.3 Å². The summed E-state index contributed by atoms with van der Waals surface area (Å²) in [7, 11) is 0. The highest BCUT2D eigenvalue weighted by atomic mass is 32.1. The predicted octanol–water partition coefficient (Wildman–Crippen LogP) is 3.24. The molecule has 6 heteroatoms. The molecule has 0 saturated heterocycles. The zero-order valence-electron chi connectivity index (χ0n) is 10.2. The van der Waals surface area contributed by atoms with E-state index in [4.69, 9.17) is 5.11 Å². The third-order valence-electron chi connectivity index (χ3n) is 2.44. The average molecular weight is 291 g/mol. The maximum atomic E-state index is 13.5. The van der Waals surface area contributed by atoms with Gasteiger partial charge >= 0.3 is 5.97 Å². The van der Waals surface area contributed by atoms with E-state index in [0.29, 0.717) is 11.3 Å². The van der Waals surface area contributed by atoms with Crippen LogP contribution in [0.15, 0.2) is 41.1 Å². The van der Waals surface area contributed by atoms with Crippen LogP contribution in [0.1, 0.15) is 15.9 Å². The van der Waals surface area contributed by atoms with Gasteiger partial charge in [-0.25, -0.2) is 9.18 Å². The van der Waals surface area contributed by atoms with Crippen LogP contribution in [0.2, 0.25) is 0 Å². The molecular formula is C14H10FNO3S. The number of nitrogens with one attached hydrogen (secondary N) is 1. The molecule has 2 N–H and O–H groups in total. The van der Waals surface area contributed by atoms with Gasteiger partial charge in [0.2, 0.25) is 0 Å². The number of halogens is 1. The van der Waals surface area contributed by atoms with E-state index in [0.717, 1.165) is 12.2 Å². The summed E-state index contributed by atoms with van der Waals surface area (Å²) in [4.78, 5) is 22.3. The molecule has 0 bridgehead atoms. The van der Waals surface area contributed by atoms with E-state index in [1.807, 2.05) is 0 Å². The number of carbonyl (C=O) groups is 2. The highest BCUT2D eigenvalue weighted by Gasteiger charge is 2.08. The topological polar surface area (TPSA) is 66.4 Å². The van der Waals surface area contributed by atoms with E-state index in [2.05, 4.69) is 5.32 Å². The van der Waals surface area contributed by atoms with Crippen LogP contribution in [0.5, 0.6) is 0 Å². The summed E-state index contributed by atoms with van der Waals surface area (Å²) in [6.45, 7) is 0. The summed E-state index contributed by atoms with van der Waals surface area (Å²) in [5.74, 6) is -2.03. The minimum Gasteiger partial charge on any atom is -0.478 e. The minimum absolute atomic E-state index is 0.0931. The number of anilines is 1. The SMILES string of the molecule is O=C(O)/C=C/c1cc(NC(=O)c2ccsc2)ccc1F. The molecule has 1 aromatic carbocycles. The first kappa shape index (κ1) is 14.0. The van der Waals surface area contributed by atoms with Gasteiger partial charge < -0.3 is 10.4 Å². The van der Waals surface area contributed by atoms with Gasteiger partial charge in [0, 0.05) is 22.7 Å². The Hall–Kier alpha value is -2.47. The smallest absolute Gasteiger partial charge is 0.328 e. The lowest BCUT2D eigenvalue weighted by molar-refractivity contribution is -0.131. The van der Waals surface area contributed by atoms with Crippen LogP contribution < -0.4 is 5.32 Å². The highest BCUT2D eigenvalue weighted by Crippen LogP contribution is 2.17. The number of hydrogen-bond acceptors (Lipinski definition) is 3. The molecule has 20 heavy (non-hydrogen) atoms. The quantitative estimate of drug-likeness (QED) is 0.850. The van der Waals surface area contributed by atoms with E-state index in [9.17, 15) is 14.0 Å². The molecule has 0 unspecified atom stereocenters. The van der Waals surface area contributed by atoms with E-state index in [1.165, 1.54) is 29.5 Å². The van der Waals surface area contributed by atoms with Gasteiger partial charge in [0.1, 0.15) is 5.82 Å². The van der Waals surface area contributed by atoms with E-state index < -0.39 is 11.8 Å². The van der Waals surface area contributed by atoms with Crippen LogP contribution in [-0.4, -0.2) is 17.0 Å². The number of thiophene rings is 1. The second kappa shape index (κ2) is 6.12. The maximum absolute atomic E-state index is 13.5. The fraction of sp³-hybridized carbons (Fsp3) is 0. The number of benzene rings is 1. The Morgan fingerprint density at radius 2 is 2.10 bits per heavy atom. The van der Waals surface area contributed by atoms with Gasteiger partial charge in [0.15, 0.2) is 0 Å². The standard InChI is InChI=1S/C14H10FNO3S/c15-12-3-2-11(7-9(12)1-4-13(17)18)16-14(19)10-5-6-20-8-10/h1-8H,(H,16,19)(H,17,18)/b4-1+.